The Morgan fingerprint density at radius 1 is 1.35 bits per heavy atom. The molecule has 0 aliphatic rings. The summed E-state index contributed by atoms with van der Waals surface area (Å²) in [5.74, 6) is 0.277. The number of benzene rings is 1. The highest BCUT2D eigenvalue weighted by atomic mass is 35.5. The average molecular weight is 258 g/mol. The Labute approximate surface area is 108 Å². The minimum Gasteiger partial charge on any atom is -0.315 e. The molecule has 2 atom stereocenters. The maximum absolute atomic E-state index is 13.1. The Hall–Kier alpha value is -0.600. The zero-order valence-corrected chi connectivity index (χ0v) is 11.5. The third kappa shape index (κ3) is 5.05. The zero-order valence-electron chi connectivity index (χ0n) is 10.8. The molecule has 17 heavy (non-hydrogen) atoms. The molecule has 0 aromatic heterocycles. The topological polar surface area (TPSA) is 12.0 Å². The van der Waals surface area contributed by atoms with Crippen LogP contribution in [0.2, 0.25) is 5.02 Å². The van der Waals surface area contributed by atoms with Gasteiger partial charge in [-0.3, -0.25) is 0 Å². The van der Waals surface area contributed by atoms with Crippen molar-refractivity contribution in [2.45, 2.75) is 39.7 Å². The van der Waals surface area contributed by atoms with Gasteiger partial charge in [0.1, 0.15) is 5.82 Å². The predicted molar refractivity (Wildman–Crippen MR) is 72.0 cm³/mol. The fourth-order valence-electron chi connectivity index (χ4n) is 2.19. The van der Waals surface area contributed by atoms with Gasteiger partial charge in [0.2, 0.25) is 0 Å². The third-order valence-corrected chi connectivity index (χ3v) is 3.25. The van der Waals surface area contributed by atoms with E-state index >= 15 is 0 Å². The second-order valence-electron chi connectivity index (χ2n) is 4.74. The van der Waals surface area contributed by atoms with E-state index in [4.69, 9.17) is 11.6 Å². The van der Waals surface area contributed by atoms with Gasteiger partial charge < -0.3 is 5.32 Å². The van der Waals surface area contributed by atoms with Gasteiger partial charge >= 0.3 is 0 Å². The first-order valence-corrected chi connectivity index (χ1v) is 6.58. The molecule has 1 aromatic rings. The Morgan fingerprint density at radius 3 is 2.71 bits per heavy atom. The Morgan fingerprint density at radius 2 is 2.06 bits per heavy atom. The van der Waals surface area contributed by atoms with Gasteiger partial charge in [-0.05, 0) is 56.0 Å². The van der Waals surface area contributed by atoms with Crippen LogP contribution in [0, 0.1) is 11.7 Å². The first kappa shape index (κ1) is 14.5. The van der Waals surface area contributed by atoms with Crippen LogP contribution in [0.25, 0.3) is 0 Å². The highest BCUT2D eigenvalue weighted by Crippen LogP contribution is 2.22. The van der Waals surface area contributed by atoms with Gasteiger partial charge in [-0.1, -0.05) is 25.4 Å². The van der Waals surface area contributed by atoms with Crippen LogP contribution in [0.3, 0.4) is 0 Å². The summed E-state index contributed by atoms with van der Waals surface area (Å²) >= 11 is 6.06. The maximum Gasteiger partial charge on any atom is 0.123 e. The molecule has 3 heteroatoms. The highest BCUT2D eigenvalue weighted by molar-refractivity contribution is 6.31. The van der Waals surface area contributed by atoms with Crippen LogP contribution in [-0.4, -0.2) is 12.6 Å². The summed E-state index contributed by atoms with van der Waals surface area (Å²) in [6.07, 6.45) is 1.90. The number of halogens is 2. The van der Waals surface area contributed by atoms with Crippen molar-refractivity contribution >= 4 is 11.6 Å². The lowest BCUT2D eigenvalue weighted by Gasteiger charge is -2.18. The number of rotatable bonds is 6. The van der Waals surface area contributed by atoms with Crippen LogP contribution < -0.4 is 5.32 Å². The molecule has 1 aromatic carbocycles. The first-order valence-electron chi connectivity index (χ1n) is 6.20. The molecule has 1 N–H and O–H groups in total. The lowest BCUT2D eigenvalue weighted by Crippen LogP contribution is -2.27. The molecule has 0 amide bonds. The zero-order chi connectivity index (χ0) is 12.8. The minimum atomic E-state index is -0.212. The van der Waals surface area contributed by atoms with E-state index in [1.54, 1.807) is 6.07 Å². The third-order valence-electron chi connectivity index (χ3n) is 2.88. The van der Waals surface area contributed by atoms with Crippen LogP contribution in [0.15, 0.2) is 18.2 Å². The summed E-state index contributed by atoms with van der Waals surface area (Å²) < 4.78 is 13.1. The highest BCUT2D eigenvalue weighted by Gasteiger charge is 2.11. The van der Waals surface area contributed by atoms with Crippen molar-refractivity contribution in [3.05, 3.63) is 34.6 Å². The molecule has 0 spiro atoms. The van der Waals surface area contributed by atoms with E-state index in [9.17, 15) is 4.39 Å². The molecule has 0 fully saturated rings. The lowest BCUT2D eigenvalue weighted by atomic mass is 9.95. The molecule has 0 saturated carbocycles. The number of nitrogens with one attached hydrogen (secondary N) is 1. The SMILES string of the molecule is CCNC(C)CC(C)Cc1cc(F)ccc1Cl. The molecule has 0 aliphatic heterocycles. The van der Waals surface area contributed by atoms with Crippen LogP contribution in [-0.2, 0) is 6.42 Å². The van der Waals surface area contributed by atoms with E-state index in [-0.39, 0.29) is 5.82 Å². The summed E-state index contributed by atoms with van der Waals surface area (Å²) in [6, 6.07) is 5.06. The van der Waals surface area contributed by atoms with Crippen LogP contribution in [0.1, 0.15) is 32.8 Å². The van der Waals surface area contributed by atoms with Gasteiger partial charge in [-0.25, -0.2) is 4.39 Å². The van der Waals surface area contributed by atoms with Gasteiger partial charge in [0, 0.05) is 11.1 Å². The number of hydrogen-bond acceptors (Lipinski definition) is 1. The standard InChI is InChI=1S/C14H21ClFN/c1-4-17-11(3)7-10(2)8-12-9-13(16)5-6-14(12)15/h5-6,9-11,17H,4,7-8H2,1-3H3. The second kappa shape index (κ2) is 6.97. The number of hydrogen-bond donors (Lipinski definition) is 1. The molecule has 96 valence electrons. The van der Waals surface area contributed by atoms with Crippen molar-refractivity contribution in [2.24, 2.45) is 5.92 Å². The van der Waals surface area contributed by atoms with Crippen molar-refractivity contribution in [3.8, 4) is 0 Å². The summed E-state index contributed by atoms with van der Waals surface area (Å²) in [6.45, 7) is 7.43. The van der Waals surface area contributed by atoms with Gasteiger partial charge in [-0.2, -0.15) is 0 Å². The molecule has 1 nitrogen and oxygen atoms in total. The summed E-state index contributed by atoms with van der Waals surface area (Å²) in [7, 11) is 0. The van der Waals surface area contributed by atoms with E-state index in [0.29, 0.717) is 17.0 Å². The van der Waals surface area contributed by atoms with Crippen LogP contribution in [0.4, 0.5) is 4.39 Å². The Bertz CT molecular complexity index is 354. The van der Waals surface area contributed by atoms with Gasteiger partial charge in [-0.15, -0.1) is 0 Å². The van der Waals surface area contributed by atoms with Crippen molar-refractivity contribution in [1.82, 2.24) is 5.32 Å². The Balaban J connectivity index is 2.55. The quantitative estimate of drug-likeness (QED) is 0.811. The summed E-state index contributed by atoms with van der Waals surface area (Å²) in [5, 5.41) is 4.04. The monoisotopic (exact) mass is 257 g/mol. The maximum atomic E-state index is 13.1. The Kier molecular flexibility index (Phi) is 5.93. The molecule has 2 unspecified atom stereocenters. The van der Waals surface area contributed by atoms with E-state index in [0.717, 1.165) is 24.9 Å². The molecule has 0 radical (unpaired) electrons. The van der Waals surface area contributed by atoms with E-state index in [1.165, 1.54) is 12.1 Å². The fraction of sp³-hybridized carbons (Fsp3) is 0.571. The van der Waals surface area contributed by atoms with E-state index < -0.39 is 0 Å². The normalized spacial score (nSPS) is 14.6. The van der Waals surface area contributed by atoms with Crippen molar-refractivity contribution < 1.29 is 4.39 Å². The van der Waals surface area contributed by atoms with Crippen LogP contribution in [0.5, 0.6) is 0 Å². The fourth-order valence-corrected chi connectivity index (χ4v) is 2.39. The smallest absolute Gasteiger partial charge is 0.123 e. The molecule has 1 rings (SSSR count). The van der Waals surface area contributed by atoms with E-state index in [1.807, 2.05) is 0 Å². The van der Waals surface area contributed by atoms with E-state index in [2.05, 4.69) is 26.1 Å². The van der Waals surface area contributed by atoms with Crippen LogP contribution >= 0.6 is 11.6 Å². The molecule has 0 bridgehead atoms. The lowest BCUT2D eigenvalue weighted by molar-refractivity contribution is 0.426. The van der Waals surface area contributed by atoms with Gasteiger partial charge in [0.05, 0.1) is 0 Å². The van der Waals surface area contributed by atoms with Crippen molar-refractivity contribution in [3.63, 3.8) is 0 Å². The molecule has 0 saturated heterocycles. The predicted octanol–water partition coefficient (Wildman–Crippen LogP) is 4.05. The summed E-state index contributed by atoms with van der Waals surface area (Å²) in [4.78, 5) is 0. The summed E-state index contributed by atoms with van der Waals surface area (Å²) in [5.41, 5.74) is 0.905. The molecule has 0 aliphatic carbocycles. The average Bonchev–Trinajstić information content (AvgIpc) is 2.23. The van der Waals surface area contributed by atoms with Gasteiger partial charge in [0.15, 0.2) is 0 Å². The van der Waals surface area contributed by atoms with Crippen molar-refractivity contribution in [1.29, 1.82) is 0 Å². The van der Waals surface area contributed by atoms with Gasteiger partial charge in [0.25, 0.3) is 0 Å². The molecular formula is C14H21ClFN. The largest absolute Gasteiger partial charge is 0.315 e. The molecule has 0 heterocycles. The van der Waals surface area contributed by atoms with Crippen molar-refractivity contribution in [2.75, 3.05) is 6.54 Å². The minimum absolute atomic E-state index is 0.212. The first-order chi connectivity index (χ1) is 8.02. The molecular weight excluding hydrogens is 237 g/mol. The second-order valence-corrected chi connectivity index (χ2v) is 5.15.